The Bertz CT molecular complexity index is 1000. The van der Waals surface area contributed by atoms with E-state index in [0.717, 1.165) is 28.0 Å². The summed E-state index contributed by atoms with van der Waals surface area (Å²) in [6.07, 6.45) is -2.78. The van der Waals surface area contributed by atoms with E-state index in [-0.39, 0.29) is 12.1 Å². The first-order chi connectivity index (χ1) is 11.0. The third kappa shape index (κ3) is 2.41. The number of alkyl halides is 3. The number of hydrogen-bond donors (Lipinski definition) is 1. The lowest BCUT2D eigenvalue weighted by Gasteiger charge is -1.97. The maximum absolute atomic E-state index is 12.5. The molecule has 0 fully saturated rings. The fourth-order valence-corrected chi connectivity index (χ4v) is 2.44. The molecule has 0 aliphatic rings. The lowest BCUT2D eigenvalue weighted by Crippen LogP contribution is -2.02. The normalized spacial score (nSPS) is 12.3. The molecule has 4 aromatic rings. The van der Waals surface area contributed by atoms with E-state index in [4.69, 9.17) is 0 Å². The number of halogens is 3. The zero-order valence-electron chi connectivity index (χ0n) is 11.6. The summed E-state index contributed by atoms with van der Waals surface area (Å²) < 4.78 is 41.9. The molecule has 3 heterocycles. The van der Waals surface area contributed by atoms with Crippen LogP contribution in [-0.4, -0.2) is 20.1 Å². The molecule has 3 aromatic heterocycles. The smallest absolute Gasteiger partial charge is 0.351 e. The van der Waals surface area contributed by atoms with Crippen LogP contribution in [0.5, 0.6) is 0 Å². The predicted molar refractivity (Wildman–Crippen MR) is 75.7 cm³/mol. The lowest BCUT2D eigenvalue weighted by atomic mass is 10.2. The van der Waals surface area contributed by atoms with Gasteiger partial charge in [-0.3, -0.25) is 4.98 Å². The van der Waals surface area contributed by atoms with Gasteiger partial charge in [0.25, 0.3) is 0 Å². The minimum atomic E-state index is -4.54. The molecule has 1 N–H and O–H groups in total. The van der Waals surface area contributed by atoms with Crippen LogP contribution >= 0.6 is 0 Å². The van der Waals surface area contributed by atoms with Crippen LogP contribution in [0.25, 0.3) is 21.9 Å². The molecule has 116 valence electrons. The average Bonchev–Trinajstić information content (AvgIpc) is 3.13. The second-order valence-corrected chi connectivity index (χ2v) is 5.08. The lowest BCUT2D eigenvalue weighted by molar-refractivity contribution is -0.155. The predicted octanol–water partition coefficient (Wildman–Crippen LogP) is 3.71. The number of rotatable bonds is 2. The first-order valence-electron chi connectivity index (χ1n) is 6.76. The Morgan fingerprint density at radius 2 is 2.00 bits per heavy atom. The third-order valence-electron chi connectivity index (χ3n) is 3.46. The summed E-state index contributed by atoms with van der Waals surface area (Å²) in [7, 11) is 0. The molecule has 0 unspecified atom stereocenters. The fraction of sp³-hybridized carbons (Fsp3) is 0.133. The van der Waals surface area contributed by atoms with Gasteiger partial charge in [-0.05, 0) is 6.07 Å². The summed E-state index contributed by atoms with van der Waals surface area (Å²) in [5.74, 6) is -0.615. The Kier molecular flexibility index (Phi) is 2.87. The monoisotopic (exact) mass is 318 g/mol. The molecule has 0 aliphatic carbocycles. The van der Waals surface area contributed by atoms with Crippen LogP contribution < -0.4 is 0 Å². The Morgan fingerprint density at radius 1 is 1.17 bits per heavy atom. The van der Waals surface area contributed by atoms with Crippen molar-refractivity contribution in [1.29, 1.82) is 0 Å². The first-order valence-corrected chi connectivity index (χ1v) is 6.76. The van der Waals surface area contributed by atoms with Crippen molar-refractivity contribution >= 4 is 21.9 Å². The molecule has 0 amide bonds. The van der Waals surface area contributed by atoms with E-state index >= 15 is 0 Å². The van der Waals surface area contributed by atoms with Gasteiger partial charge in [-0.15, -0.1) is 0 Å². The molecule has 0 saturated carbocycles. The Labute approximate surface area is 127 Å². The van der Waals surface area contributed by atoms with Crippen molar-refractivity contribution < 1.29 is 17.7 Å². The van der Waals surface area contributed by atoms with E-state index in [1.807, 2.05) is 24.3 Å². The molecule has 23 heavy (non-hydrogen) atoms. The van der Waals surface area contributed by atoms with Crippen molar-refractivity contribution in [3.8, 4) is 0 Å². The van der Waals surface area contributed by atoms with Crippen LogP contribution in [0.2, 0.25) is 0 Å². The molecule has 0 radical (unpaired) electrons. The quantitative estimate of drug-likeness (QED) is 0.612. The van der Waals surface area contributed by atoms with Crippen molar-refractivity contribution in [1.82, 2.24) is 20.1 Å². The topological polar surface area (TPSA) is 67.6 Å². The number of imidazole rings is 1. The van der Waals surface area contributed by atoms with E-state index in [0.29, 0.717) is 5.82 Å². The Hall–Kier alpha value is -2.90. The van der Waals surface area contributed by atoms with Gasteiger partial charge in [-0.1, -0.05) is 23.4 Å². The van der Waals surface area contributed by atoms with Gasteiger partial charge in [0, 0.05) is 11.5 Å². The summed E-state index contributed by atoms with van der Waals surface area (Å²) >= 11 is 0. The van der Waals surface area contributed by atoms with Crippen LogP contribution in [0.15, 0.2) is 41.1 Å². The summed E-state index contributed by atoms with van der Waals surface area (Å²) in [5.41, 5.74) is 2.41. The minimum Gasteiger partial charge on any atom is -0.351 e. The largest absolute Gasteiger partial charge is 0.452 e. The van der Waals surface area contributed by atoms with E-state index in [1.54, 1.807) is 6.20 Å². The molecule has 0 atom stereocenters. The van der Waals surface area contributed by atoms with Gasteiger partial charge < -0.3 is 9.51 Å². The van der Waals surface area contributed by atoms with E-state index in [9.17, 15) is 13.2 Å². The van der Waals surface area contributed by atoms with Gasteiger partial charge >= 0.3 is 6.18 Å². The zero-order valence-corrected chi connectivity index (χ0v) is 11.6. The van der Waals surface area contributed by atoms with E-state index in [2.05, 4.69) is 24.6 Å². The zero-order chi connectivity index (χ0) is 16.0. The van der Waals surface area contributed by atoms with Gasteiger partial charge in [-0.25, -0.2) is 4.98 Å². The standard InChI is InChI=1S/C15H9F3N4O/c16-15(17,18)12-5-8(22-23-12)6-13-20-11-7-19-10-4-2-1-3-9(10)14(11)21-13/h1-5,7H,6H2,(H,20,21). The number of nitrogens with one attached hydrogen (secondary N) is 1. The molecule has 0 aliphatic heterocycles. The number of pyridine rings is 1. The molecular formula is C15H9F3N4O. The summed E-state index contributed by atoms with van der Waals surface area (Å²) in [6, 6.07) is 8.40. The minimum absolute atomic E-state index is 0.114. The molecule has 1 aromatic carbocycles. The van der Waals surface area contributed by atoms with Crippen molar-refractivity contribution in [2.75, 3.05) is 0 Å². The number of aromatic amines is 1. The average molecular weight is 318 g/mol. The van der Waals surface area contributed by atoms with Crippen molar-refractivity contribution in [3.63, 3.8) is 0 Å². The van der Waals surface area contributed by atoms with Gasteiger partial charge in [0.1, 0.15) is 5.82 Å². The molecule has 0 saturated heterocycles. The van der Waals surface area contributed by atoms with Crippen LogP contribution in [0, 0.1) is 0 Å². The number of fused-ring (bicyclic) bond motifs is 3. The molecule has 5 nitrogen and oxygen atoms in total. The highest BCUT2D eigenvalue weighted by molar-refractivity contribution is 6.01. The third-order valence-corrected chi connectivity index (χ3v) is 3.46. The summed E-state index contributed by atoms with van der Waals surface area (Å²) in [6.45, 7) is 0. The number of nitrogens with zero attached hydrogens (tertiary/aromatic N) is 3. The number of benzene rings is 1. The maximum Gasteiger partial charge on any atom is 0.452 e. The van der Waals surface area contributed by atoms with Crippen LogP contribution in [0.4, 0.5) is 13.2 Å². The molecule has 0 spiro atoms. The van der Waals surface area contributed by atoms with Crippen molar-refractivity contribution in [3.05, 3.63) is 53.8 Å². The highest BCUT2D eigenvalue weighted by Gasteiger charge is 2.36. The second-order valence-electron chi connectivity index (χ2n) is 5.08. The van der Waals surface area contributed by atoms with Gasteiger partial charge in [-0.2, -0.15) is 13.2 Å². The molecule has 8 heteroatoms. The van der Waals surface area contributed by atoms with Crippen molar-refractivity contribution in [2.24, 2.45) is 0 Å². The van der Waals surface area contributed by atoms with E-state index < -0.39 is 11.9 Å². The van der Waals surface area contributed by atoms with Crippen LogP contribution in [0.1, 0.15) is 17.3 Å². The highest BCUT2D eigenvalue weighted by Crippen LogP contribution is 2.30. The number of para-hydroxylation sites is 1. The SMILES string of the molecule is FC(F)(F)c1cc(Cc2nc3c(cnc4ccccc43)[nH]2)no1. The number of aromatic nitrogens is 4. The van der Waals surface area contributed by atoms with Crippen LogP contribution in [-0.2, 0) is 12.6 Å². The van der Waals surface area contributed by atoms with Gasteiger partial charge in [0.2, 0.25) is 5.76 Å². The Balaban J connectivity index is 1.72. The van der Waals surface area contributed by atoms with Gasteiger partial charge in [0.15, 0.2) is 0 Å². The van der Waals surface area contributed by atoms with Crippen molar-refractivity contribution in [2.45, 2.75) is 12.6 Å². The maximum atomic E-state index is 12.5. The molecule has 4 rings (SSSR count). The van der Waals surface area contributed by atoms with Crippen LogP contribution in [0.3, 0.4) is 0 Å². The Morgan fingerprint density at radius 3 is 2.78 bits per heavy atom. The molecule has 0 bridgehead atoms. The summed E-state index contributed by atoms with van der Waals surface area (Å²) in [4.78, 5) is 11.8. The number of hydrogen-bond acceptors (Lipinski definition) is 4. The fourth-order valence-electron chi connectivity index (χ4n) is 2.44. The highest BCUT2D eigenvalue weighted by atomic mass is 19.4. The summed E-state index contributed by atoms with van der Waals surface area (Å²) in [5, 5.41) is 4.32. The first kappa shape index (κ1) is 13.7. The van der Waals surface area contributed by atoms with E-state index in [1.165, 1.54) is 0 Å². The molecular weight excluding hydrogens is 309 g/mol. The number of H-pyrrole nitrogens is 1. The van der Waals surface area contributed by atoms with Gasteiger partial charge in [0.05, 0.1) is 34.9 Å². The second kappa shape index (κ2) is 4.80.